The fraction of sp³-hybridized carbons (Fsp3) is 0.600. The maximum atomic E-state index is 13.6. The van der Waals surface area contributed by atoms with Gasteiger partial charge in [0.2, 0.25) is 0 Å². The summed E-state index contributed by atoms with van der Waals surface area (Å²) >= 11 is 0. The minimum atomic E-state index is -0.439. The lowest BCUT2D eigenvalue weighted by Gasteiger charge is -2.34. The fourth-order valence-electron chi connectivity index (χ4n) is 2.75. The number of nitrogens with one attached hydrogen (secondary N) is 1. The first kappa shape index (κ1) is 14.4. The molecule has 1 atom stereocenters. The first-order valence-corrected chi connectivity index (χ1v) is 6.94. The van der Waals surface area contributed by atoms with E-state index in [0.717, 1.165) is 25.9 Å². The molecule has 1 N–H and O–H groups in total. The second-order valence-electron chi connectivity index (χ2n) is 5.39. The van der Waals surface area contributed by atoms with Crippen LogP contribution in [0.2, 0.25) is 0 Å². The largest absolute Gasteiger partial charge is 0.317 e. The van der Waals surface area contributed by atoms with Gasteiger partial charge >= 0.3 is 0 Å². The minimum absolute atomic E-state index is 0.197. The van der Waals surface area contributed by atoms with E-state index in [-0.39, 0.29) is 5.56 Å². The third-order valence-electron chi connectivity index (χ3n) is 4.24. The van der Waals surface area contributed by atoms with Gasteiger partial charge in [-0.25, -0.2) is 8.78 Å². The van der Waals surface area contributed by atoms with Crippen molar-refractivity contribution in [2.45, 2.75) is 32.4 Å². The summed E-state index contributed by atoms with van der Waals surface area (Å²) in [7, 11) is 1.98. The molecule has 1 aromatic rings. The van der Waals surface area contributed by atoms with Gasteiger partial charge in [-0.3, -0.25) is 4.90 Å². The van der Waals surface area contributed by atoms with Crippen molar-refractivity contribution in [3.8, 4) is 0 Å². The van der Waals surface area contributed by atoms with E-state index >= 15 is 0 Å². The highest BCUT2D eigenvalue weighted by Gasteiger charge is 2.24. The maximum absolute atomic E-state index is 13.6. The van der Waals surface area contributed by atoms with E-state index < -0.39 is 11.6 Å². The zero-order valence-electron chi connectivity index (χ0n) is 11.6. The highest BCUT2D eigenvalue weighted by Crippen LogP contribution is 2.23. The van der Waals surface area contributed by atoms with Crippen molar-refractivity contribution in [1.82, 2.24) is 10.2 Å². The van der Waals surface area contributed by atoms with Gasteiger partial charge in [0, 0.05) is 18.2 Å². The third-order valence-corrected chi connectivity index (χ3v) is 4.24. The van der Waals surface area contributed by atoms with Crippen molar-refractivity contribution in [1.29, 1.82) is 0 Å². The molecule has 1 fully saturated rings. The van der Waals surface area contributed by atoms with Crippen molar-refractivity contribution in [2.24, 2.45) is 5.92 Å². The quantitative estimate of drug-likeness (QED) is 0.903. The van der Waals surface area contributed by atoms with E-state index in [0.29, 0.717) is 18.5 Å². The molecule has 0 saturated carbocycles. The van der Waals surface area contributed by atoms with Crippen LogP contribution in [-0.4, -0.2) is 31.1 Å². The fourth-order valence-corrected chi connectivity index (χ4v) is 2.75. The van der Waals surface area contributed by atoms with Gasteiger partial charge in [0.25, 0.3) is 0 Å². The van der Waals surface area contributed by atoms with Gasteiger partial charge in [-0.1, -0.05) is 6.07 Å². The molecule has 1 saturated heterocycles. The van der Waals surface area contributed by atoms with E-state index in [1.165, 1.54) is 18.2 Å². The Morgan fingerprint density at radius 1 is 1.26 bits per heavy atom. The lowest BCUT2D eigenvalue weighted by atomic mass is 9.90. The zero-order valence-corrected chi connectivity index (χ0v) is 11.6. The topological polar surface area (TPSA) is 15.3 Å². The molecule has 19 heavy (non-hydrogen) atoms. The number of piperidine rings is 1. The normalized spacial score (nSPS) is 19.6. The molecule has 0 spiro atoms. The maximum Gasteiger partial charge on any atom is 0.130 e. The molecule has 1 aromatic carbocycles. The van der Waals surface area contributed by atoms with Crippen LogP contribution in [0.1, 0.15) is 25.3 Å². The average molecular weight is 268 g/mol. The Labute approximate surface area is 113 Å². The van der Waals surface area contributed by atoms with Gasteiger partial charge < -0.3 is 5.32 Å². The van der Waals surface area contributed by atoms with Gasteiger partial charge in [0.15, 0.2) is 0 Å². The van der Waals surface area contributed by atoms with Crippen LogP contribution < -0.4 is 5.32 Å². The Balaban J connectivity index is 1.92. The van der Waals surface area contributed by atoms with E-state index in [1.54, 1.807) is 0 Å². The monoisotopic (exact) mass is 268 g/mol. The molecule has 2 rings (SSSR count). The Morgan fingerprint density at radius 2 is 1.84 bits per heavy atom. The molecule has 1 aliphatic heterocycles. The predicted octanol–water partition coefficient (Wildman–Crippen LogP) is 2.78. The summed E-state index contributed by atoms with van der Waals surface area (Å²) in [5.41, 5.74) is 0.197. The van der Waals surface area contributed by atoms with Crippen LogP contribution in [0.4, 0.5) is 8.78 Å². The smallest absolute Gasteiger partial charge is 0.130 e. The minimum Gasteiger partial charge on any atom is -0.317 e. The van der Waals surface area contributed by atoms with Crippen molar-refractivity contribution < 1.29 is 8.78 Å². The molecule has 1 aliphatic rings. The molecule has 106 valence electrons. The number of likely N-dealkylation sites (tertiary alicyclic amines) is 1. The Kier molecular flexibility index (Phi) is 4.88. The summed E-state index contributed by atoms with van der Waals surface area (Å²) in [5, 5.41) is 3.28. The third kappa shape index (κ3) is 3.51. The van der Waals surface area contributed by atoms with E-state index in [4.69, 9.17) is 0 Å². The van der Waals surface area contributed by atoms with Gasteiger partial charge in [-0.15, -0.1) is 0 Å². The van der Waals surface area contributed by atoms with Gasteiger partial charge in [-0.05, 0) is 58.0 Å². The highest BCUT2D eigenvalue weighted by atomic mass is 19.1. The second-order valence-corrected chi connectivity index (χ2v) is 5.39. The molecule has 1 unspecified atom stereocenters. The number of nitrogens with zero attached hydrogens (tertiary/aromatic N) is 1. The SMILES string of the molecule is CNC(C)C1CCN(Cc2c(F)cccc2F)CC1. The highest BCUT2D eigenvalue weighted by molar-refractivity contribution is 5.19. The summed E-state index contributed by atoms with van der Waals surface area (Å²) in [5.74, 6) is -0.219. The molecule has 0 radical (unpaired) electrons. The number of halogens is 2. The first-order chi connectivity index (χ1) is 9.11. The number of hydrogen-bond acceptors (Lipinski definition) is 2. The van der Waals surface area contributed by atoms with Crippen LogP contribution in [0, 0.1) is 17.6 Å². The summed E-state index contributed by atoms with van der Waals surface area (Å²) in [6.07, 6.45) is 2.16. The molecule has 2 nitrogen and oxygen atoms in total. The van der Waals surface area contributed by atoms with Crippen LogP contribution in [0.25, 0.3) is 0 Å². The Morgan fingerprint density at radius 3 is 2.37 bits per heavy atom. The van der Waals surface area contributed by atoms with Crippen LogP contribution in [0.5, 0.6) is 0 Å². The van der Waals surface area contributed by atoms with Crippen molar-refractivity contribution >= 4 is 0 Å². The predicted molar refractivity (Wildman–Crippen MR) is 72.9 cm³/mol. The summed E-state index contributed by atoms with van der Waals surface area (Å²) in [6, 6.07) is 4.57. The van der Waals surface area contributed by atoms with Crippen molar-refractivity contribution in [2.75, 3.05) is 20.1 Å². The Hall–Kier alpha value is -1.00. The van der Waals surface area contributed by atoms with Crippen LogP contribution in [0.15, 0.2) is 18.2 Å². The number of hydrogen-bond donors (Lipinski definition) is 1. The molecular weight excluding hydrogens is 246 g/mol. The number of rotatable bonds is 4. The average Bonchev–Trinajstić information content (AvgIpc) is 2.43. The summed E-state index contributed by atoms with van der Waals surface area (Å²) in [6.45, 7) is 4.38. The molecule has 0 bridgehead atoms. The van der Waals surface area contributed by atoms with Gasteiger partial charge in [0.05, 0.1) is 0 Å². The van der Waals surface area contributed by atoms with Crippen molar-refractivity contribution in [3.63, 3.8) is 0 Å². The van der Waals surface area contributed by atoms with E-state index in [1.807, 2.05) is 7.05 Å². The lowest BCUT2D eigenvalue weighted by molar-refractivity contribution is 0.156. The Bertz CT molecular complexity index is 394. The number of benzene rings is 1. The lowest BCUT2D eigenvalue weighted by Crippen LogP contribution is -2.40. The van der Waals surface area contributed by atoms with Gasteiger partial charge in [-0.2, -0.15) is 0 Å². The molecule has 0 amide bonds. The molecular formula is C15H22F2N2. The van der Waals surface area contributed by atoms with Crippen LogP contribution in [0.3, 0.4) is 0 Å². The van der Waals surface area contributed by atoms with E-state index in [2.05, 4.69) is 17.1 Å². The molecule has 0 aliphatic carbocycles. The molecule has 1 heterocycles. The summed E-state index contributed by atoms with van der Waals surface area (Å²) < 4.78 is 27.2. The second kappa shape index (κ2) is 6.44. The molecule has 4 heteroatoms. The van der Waals surface area contributed by atoms with E-state index in [9.17, 15) is 8.78 Å². The van der Waals surface area contributed by atoms with Crippen LogP contribution in [-0.2, 0) is 6.54 Å². The molecule has 0 aromatic heterocycles. The standard InChI is InChI=1S/C15H22F2N2/c1-11(18-2)12-6-8-19(9-7-12)10-13-14(16)4-3-5-15(13)17/h3-5,11-12,18H,6-10H2,1-2H3. The summed E-state index contributed by atoms with van der Waals surface area (Å²) in [4.78, 5) is 2.14. The first-order valence-electron chi connectivity index (χ1n) is 6.94. The van der Waals surface area contributed by atoms with Crippen LogP contribution >= 0.6 is 0 Å². The zero-order chi connectivity index (χ0) is 13.8. The van der Waals surface area contributed by atoms with Crippen molar-refractivity contribution in [3.05, 3.63) is 35.4 Å². The van der Waals surface area contributed by atoms with Gasteiger partial charge in [0.1, 0.15) is 11.6 Å².